The van der Waals surface area contributed by atoms with E-state index < -0.39 is 6.36 Å². The molecule has 0 aromatic heterocycles. The van der Waals surface area contributed by atoms with Crippen molar-refractivity contribution in [1.82, 2.24) is 0 Å². The Kier molecular flexibility index (Phi) is 7.25. The maximum absolute atomic E-state index is 12.4. The van der Waals surface area contributed by atoms with E-state index in [0.717, 1.165) is 18.8 Å². The predicted octanol–water partition coefficient (Wildman–Crippen LogP) is 3.92. The van der Waals surface area contributed by atoms with Gasteiger partial charge in [0, 0.05) is 0 Å². The van der Waals surface area contributed by atoms with E-state index in [9.17, 15) is 4.39 Å². The van der Waals surface area contributed by atoms with E-state index in [0.29, 0.717) is 0 Å². The fraction of sp³-hybridized carbons (Fsp3) is 1.00. The van der Waals surface area contributed by atoms with Crippen LogP contribution in [0, 0.1) is 5.92 Å². The van der Waals surface area contributed by atoms with Crippen molar-refractivity contribution in [3.8, 4) is 0 Å². The number of hydrogen-bond donors (Lipinski definition) is 0. The first kappa shape index (κ1) is 12.9. The van der Waals surface area contributed by atoms with Crippen LogP contribution >= 0.6 is 0 Å². The molecule has 1 atom stereocenters. The molecule has 13 heavy (non-hydrogen) atoms. The molecular weight excluding hydrogens is 167 g/mol. The van der Waals surface area contributed by atoms with Crippen LogP contribution < -0.4 is 0 Å². The van der Waals surface area contributed by atoms with E-state index in [2.05, 4.69) is 6.92 Å². The molecule has 0 saturated heterocycles. The fourth-order valence-electron chi connectivity index (χ4n) is 1.63. The second-order valence-corrected chi connectivity index (χ2v) is 3.56. The van der Waals surface area contributed by atoms with Crippen LogP contribution in [0.3, 0.4) is 0 Å². The largest absolute Gasteiger partial charge is 0.345 e. The Morgan fingerprint density at radius 3 is 2.00 bits per heavy atom. The molecule has 0 N–H and O–H groups in total. The lowest BCUT2D eigenvalue weighted by molar-refractivity contribution is -0.0890. The summed E-state index contributed by atoms with van der Waals surface area (Å²) in [6, 6.07) is 0. The van der Waals surface area contributed by atoms with Gasteiger partial charge in [0.05, 0.1) is 6.10 Å². The lowest BCUT2D eigenvalue weighted by Gasteiger charge is -2.26. The summed E-state index contributed by atoms with van der Waals surface area (Å²) in [7, 11) is 0. The monoisotopic (exact) mass is 190 g/mol. The average Bonchev–Trinajstić information content (AvgIpc) is 2.12. The van der Waals surface area contributed by atoms with Gasteiger partial charge in [-0.1, -0.05) is 20.8 Å². The molecule has 1 rings (SSSR count). The van der Waals surface area contributed by atoms with Crippen molar-refractivity contribution in [2.75, 3.05) is 0 Å². The van der Waals surface area contributed by atoms with Crippen molar-refractivity contribution < 1.29 is 9.13 Å². The summed E-state index contributed by atoms with van der Waals surface area (Å²) in [4.78, 5) is 0. The molecule has 0 bridgehead atoms. The van der Waals surface area contributed by atoms with E-state index in [1.807, 2.05) is 13.8 Å². The van der Waals surface area contributed by atoms with Gasteiger partial charge in [-0.25, -0.2) is 4.39 Å². The maximum Gasteiger partial charge on any atom is 0.196 e. The summed E-state index contributed by atoms with van der Waals surface area (Å²) in [5.74, 6) is 0.810. The van der Waals surface area contributed by atoms with E-state index in [4.69, 9.17) is 4.74 Å². The lowest BCUT2D eigenvalue weighted by atomic mass is 9.89. The van der Waals surface area contributed by atoms with Crippen molar-refractivity contribution in [3.05, 3.63) is 0 Å². The summed E-state index contributed by atoms with van der Waals surface area (Å²) in [5, 5.41) is 0. The molecule has 1 aliphatic rings. The van der Waals surface area contributed by atoms with Gasteiger partial charge in [-0.2, -0.15) is 0 Å². The van der Waals surface area contributed by atoms with E-state index in [1.54, 1.807) is 0 Å². The molecule has 0 aromatic rings. The van der Waals surface area contributed by atoms with Crippen LogP contribution in [0.4, 0.5) is 4.39 Å². The molecule has 1 aliphatic carbocycles. The molecule has 1 saturated carbocycles. The van der Waals surface area contributed by atoms with Gasteiger partial charge >= 0.3 is 0 Å². The van der Waals surface area contributed by atoms with Crippen LogP contribution in [0.5, 0.6) is 0 Å². The quantitative estimate of drug-likeness (QED) is 0.641. The van der Waals surface area contributed by atoms with Gasteiger partial charge in [-0.15, -0.1) is 0 Å². The number of hydrogen-bond acceptors (Lipinski definition) is 1. The topological polar surface area (TPSA) is 9.23 Å². The molecule has 0 amide bonds. The number of rotatable bonds is 2. The van der Waals surface area contributed by atoms with Crippen molar-refractivity contribution in [3.63, 3.8) is 0 Å². The van der Waals surface area contributed by atoms with Crippen molar-refractivity contribution >= 4 is 0 Å². The van der Waals surface area contributed by atoms with Crippen LogP contribution in [0.1, 0.15) is 53.4 Å². The zero-order valence-corrected chi connectivity index (χ0v) is 9.35. The van der Waals surface area contributed by atoms with Gasteiger partial charge in [0.1, 0.15) is 0 Å². The van der Waals surface area contributed by atoms with Crippen LogP contribution in [-0.2, 0) is 4.74 Å². The molecule has 0 spiro atoms. The Balaban J connectivity index is 0.000000671. The third-order valence-electron chi connectivity index (χ3n) is 2.34. The SMILES string of the molecule is CC.CC1CCC(OC(C)F)CC1. The third kappa shape index (κ3) is 6.03. The normalized spacial score (nSPS) is 30.2. The Morgan fingerprint density at radius 1 is 1.15 bits per heavy atom. The first-order valence-corrected chi connectivity index (χ1v) is 5.48. The molecule has 0 heterocycles. The van der Waals surface area contributed by atoms with Gasteiger partial charge in [0.25, 0.3) is 0 Å². The highest BCUT2D eigenvalue weighted by Gasteiger charge is 2.19. The third-order valence-corrected chi connectivity index (χ3v) is 2.34. The Labute approximate surface area is 81.7 Å². The molecule has 80 valence electrons. The first-order chi connectivity index (χ1) is 6.18. The standard InChI is InChI=1S/C9H17FO.C2H6/c1-7-3-5-9(6-4-7)11-8(2)10;1-2/h7-9H,3-6H2,1-2H3;1-2H3. The van der Waals surface area contributed by atoms with E-state index >= 15 is 0 Å². The highest BCUT2D eigenvalue weighted by Crippen LogP contribution is 2.26. The molecule has 1 nitrogen and oxygen atoms in total. The molecule has 0 aromatic carbocycles. The zero-order chi connectivity index (χ0) is 10.3. The van der Waals surface area contributed by atoms with Crippen LogP contribution in [0.15, 0.2) is 0 Å². The minimum atomic E-state index is -1.09. The minimum absolute atomic E-state index is 0.186. The number of alkyl halides is 1. The van der Waals surface area contributed by atoms with Crippen LogP contribution in [-0.4, -0.2) is 12.5 Å². The smallest absolute Gasteiger partial charge is 0.196 e. The molecular formula is C11H23FO. The lowest BCUT2D eigenvalue weighted by Crippen LogP contribution is -2.22. The van der Waals surface area contributed by atoms with Gasteiger partial charge < -0.3 is 4.74 Å². The Hall–Kier alpha value is -0.110. The molecule has 0 aliphatic heterocycles. The summed E-state index contributed by atoms with van der Waals surface area (Å²) < 4.78 is 17.4. The van der Waals surface area contributed by atoms with Crippen molar-refractivity contribution in [1.29, 1.82) is 0 Å². The zero-order valence-electron chi connectivity index (χ0n) is 9.35. The Bertz CT molecular complexity index is 107. The molecule has 0 radical (unpaired) electrons. The fourth-order valence-corrected chi connectivity index (χ4v) is 1.63. The summed E-state index contributed by atoms with van der Waals surface area (Å²) in [6.45, 7) is 7.70. The second kappa shape index (κ2) is 7.31. The summed E-state index contributed by atoms with van der Waals surface area (Å²) in [6.07, 6.45) is 3.55. The van der Waals surface area contributed by atoms with E-state index in [-0.39, 0.29) is 6.10 Å². The molecule has 1 unspecified atom stereocenters. The van der Waals surface area contributed by atoms with Gasteiger partial charge in [-0.3, -0.25) is 0 Å². The van der Waals surface area contributed by atoms with Gasteiger partial charge in [0.15, 0.2) is 6.36 Å². The average molecular weight is 190 g/mol. The van der Waals surface area contributed by atoms with Gasteiger partial charge in [-0.05, 0) is 38.5 Å². The molecule has 2 heteroatoms. The highest BCUT2D eigenvalue weighted by molar-refractivity contribution is 4.69. The van der Waals surface area contributed by atoms with E-state index in [1.165, 1.54) is 19.8 Å². The maximum atomic E-state index is 12.4. The van der Waals surface area contributed by atoms with Gasteiger partial charge in [0.2, 0.25) is 0 Å². The van der Waals surface area contributed by atoms with Crippen molar-refractivity contribution in [2.24, 2.45) is 5.92 Å². The number of halogens is 1. The van der Waals surface area contributed by atoms with Crippen LogP contribution in [0.25, 0.3) is 0 Å². The van der Waals surface area contributed by atoms with Crippen LogP contribution in [0.2, 0.25) is 0 Å². The second-order valence-electron chi connectivity index (χ2n) is 3.56. The molecule has 1 fully saturated rings. The van der Waals surface area contributed by atoms with Crippen molar-refractivity contribution in [2.45, 2.75) is 65.8 Å². The minimum Gasteiger partial charge on any atom is -0.345 e. The summed E-state index contributed by atoms with van der Waals surface area (Å²) in [5.41, 5.74) is 0. The summed E-state index contributed by atoms with van der Waals surface area (Å²) >= 11 is 0. The highest BCUT2D eigenvalue weighted by atomic mass is 19.1. The Morgan fingerprint density at radius 2 is 1.62 bits per heavy atom. The number of ether oxygens (including phenoxy) is 1. The predicted molar refractivity (Wildman–Crippen MR) is 54.4 cm³/mol. The first-order valence-electron chi connectivity index (χ1n) is 5.48.